The van der Waals surface area contributed by atoms with E-state index in [0.29, 0.717) is 19.0 Å². The van der Waals surface area contributed by atoms with Gasteiger partial charge in [-0.25, -0.2) is 22.7 Å². The number of anilines is 1. The summed E-state index contributed by atoms with van der Waals surface area (Å²) in [4.78, 5) is 13.4. The van der Waals surface area contributed by atoms with Crippen LogP contribution in [0.15, 0.2) is 23.1 Å². The Morgan fingerprint density at radius 1 is 1.38 bits per heavy atom. The summed E-state index contributed by atoms with van der Waals surface area (Å²) in [6, 6.07) is 2.53. The van der Waals surface area contributed by atoms with Gasteiger partial charge in [0.15, 0.2) is 0 Å². The summed E-state index contributed by atoms with van der Waals surface area (Å²) in [5.41, 5.74) is -0.138. The average Bonchev–Trinajstić information content (AvgIpc) is 2.38. The Bertz CT molecular complexity index is 640. The molecule has 21 heavy (non-hydrogen) atoms. The zero-order valence-corrected chi connectivity index (χ0v) is 12.5. The molecule has 2 rings (SSSR count). The van der Waals surface area contributed by atoms with E-state index in [9.17, 15) is 17.6 Å². The zero-order valence-electron chi connectivity index (χ0n) is 11.7. The number of halogens is 1. The third-order valence-electron chi connectivity index (χ3n) is 3.56. The van der Waals surface area contributed by atoms with Gasteiger partial charge in [-0.05, 0) is 37.0 Å². The Morgan fingerprint density at radius 2 is 2.00 bits per heavy atom. The number of benzene rings is 1. The molecule has 1 saturated heterocycles. The van der Waals surface area contributed by atoms with E-state index in [4.69, 9.17) is 5.14 Å². The standard InChI is InChI=1S/C13H18FN3O3S/c1-9-4-6-17(7-5-9)13(18)16-11-8-10(14)2-3-12(11)21(15,19)20/h2-3,8-9H,4-7H2,1H3,(H,16,18)(H2,15,19,20). The largest absolute Gasteiger partial charge is 0.325 e. The van der Waals surface area contributed by atoms with Gasteiger partial charge < -0.3 is 10.2 Å². The van der Waals surface area contributed by atoms with Crippen LogP contribution in [-0.2, 0) is 10.0 Å². The van der Waals surface area contributed by atoms with Gasteiger partial charge >= 0.3 is 6.03 Å². The smallest absolute Gasteiger partial charge is 0.321 e. The van der Waals surface area contributed by atoms with Crippen LogP contribution < -0.4 is 10.5 Å². The molecule has 1 aromatic carbocycles. The first-order chi connectivity index (χ1) is 9.77. The van der Waals surface area contributed by atoms with Crippen molar-refractivity contribution in [3.05, 3.63) is 24.0 Å². The summed E-state index contributed by atoms with van der Waals surface area (Å²) >= 11 is 0. The molecule has 1 aliphatic heterocycles. The predicted octanol–water partition coefficient (Wildman–Crippen LogP) is 1.74. The van der Waals surface area contributed by atoms with E-state index >= 15 is 0 Å². The van der Waals surface area contributed by atoms with Crippen LogP contribution in [0.4, 0.5) is 14.9 Å². The van der Waals surface area contributed by atoms with Gasteiger partial charge in [0, 0.05) is 13.1 Å². The van der Waals surface area contributed by atoms with Gasteiger partial charge in [-0.15, -0.1) is 0 Å². The highest BCUT2D eigenvalue weighted by Crippen LogP contribution is 2.23. The maximum Gasteiger partial charge on any atom is 0.321 e. The molecule has 0 atom stereocenters. The van der Waals surface area contributed by atoms with E-state index in [1.807, 2.05) is 0 Å². The fourth-order valence-electron chi connectivity index (χ4n) is 2.25. The van der Waals surface area contributed by atoms with Gasteiger partial charge in [-0.2, -0.15) is 0 Å². The summed E-state index contributed by atoms with van der Waals surface area (Å²) in [5.74, 6) is -0.0897. The lowest BCUT2D eigenvalue weighted by Crippen LogP contribution is -2.40. The van der Waals surface area contributed by atoms with Crippen LogP contribution in [-0.4, -0.2) is 32.4 Å². The van der Waals surface area contributed by atoms with Gasteiger partial charge in [0.05, 0.1) is 5.69 Å². The summed E-state index contributed by atoms with van der Waals surface area (Å²) < 4.78 is 36.2. The molecule has 0 aliphatic carbocycles. The molecule has 116 valence electrons. The Labute approximate surface area is 123 Å². The first-order valence-electron chi connectivity index (χ1n) is 6.65. The number of hydrogen-bond acceptors (Lipinski definition) is 3. The molecule has 1 aliphatic rings. The first-order valence-corrected chi connectivity index (χ1v) is 8.20. The molecular weight excluding hydrogens is 297 g/mol. The highest BCUT2D eigenvalue weighted by atomic mass is 32.2. The molecule has 0 spiro atoms. The van der Waals surface area contributed by atoms with Crippen molar-refractivity contribution in [3.8, 4) is 0 Å². The molecule has 0 radical (unpaired) electrons. The number of hydrogen-bond donors (Lipinski definition) is 2. The van der Waals surface area contributed by atoms with Crippen LogP contribution in [0.1, 0.15) is 19.8 Å². The zero-order chi connectivity index (χ0) is 15.6. The molecular formula is C13H18FN3O3S. The normalized spacial score (nSPS) is 16.8. The second-order valence-corrected chi connectivity index (χ2v) is 6.82. The molecule has 1 fully saturated rings. The number of nitrogens with zero attached hydrogens (tertiary/aromatic N) is 1. The minimum Gasteiger partial charge on any atom is -0.325 e. The second kappa shape index (κ2) is 5.98. The maximum atomic E-state index is 13.3. The van der Waals surface area contributed by atoms with Crippen LogP contribution >= 0.6 is 0 Å². The third kappa shape index (κ3) is 3.92. The maximum absolute atomic E-state index is 13.3. The number of likely N-dealkylation sites (tertiary alicyclic amines) is 1. The number of nitrogens with one attached hydrogen (secondary N) is 1. The Balaban J connectivity index is 2.19. The number of amides is 2. The number of rotatable bonds is 2. The lowest BCUT2D eigenvalue weighted by atomic mass is 10.00. The fraction of sp³-hybridized carbons (Fsp3) is 0.462. The monoisotopic (exact) mass is 315 g/mol. The minimum absolute atomic E-state index is 0.138. The van der Waals surface area contributed by atoms with Crippen molar-refractivity contribution >= 4 is 21.7 Å². The van der Waals surface area contributed by atoms with Crippen molar-refractivity contribution in [2.45, 2.75) is 24.7 Å². The van der Waals surface area contributed by atoms with Gasteiger partial charge in [-0.1, -0.05) is 6.92 Å². The molecule has 6 nitrogen and oxygen atoms in total. The van der Waals surface area contributed by atoms with Gasteiger partial charge in [0.25, 0.3) is 0 Å². The van der Waals surface area contributed by atoms with Crippen molar-refractivity contribution in [3.63, 3.8) is 0 Å². The number of carbonyl (C=O) groups is 1. The number of nitrogens with two attached hydrogens (primary N) is 1. The number of primary sulfonamides is 1. The van der Waals surface area contributed by atoms with E-state index in [-0.39, 0.29) is 10.6 Å². The van der Waals surface area contributed by atoms with Gasteiger partial charge in [0.1, 0.15) is 10.7 Å². The number of urea groups is 1. The molecule has 8 heteroatoms. The summed E-state index contributed by atoms with van der Waals surface area (Å²) in [5, 5.41) is 7.50. The quantitative estimate of drug-likeness (QED) is 0.870. The van der Waals surface area contributed by atoms with Crippen LogP contribution in [0.2, 0.25) is 0 Å². The molecule has 0 bridgehead atoms. The fourth-order valence-corrected chi connectivity index (χ4v) is 2.93. The molecule has 2 amide bonds. The topological polar surface area (TPSA) is 92.5 Å². The average molecular weight is 315 g/mol. The highest BCUT2D eigenvalue weighted by molar-refractivity contribution is 7.89. The SMILES string of the molecule is CC1CCN(C(=O)Nc2cc(F)ccc2S(N)(=O)=O)CC1. The van der Waals surface area contributed by atoms with Crippen LogP contribution in [0.25, 0.3) is 0 Å². The van der Waals surface area contributed by atoms with E-state index < -0.39 is 21.9 Å². The predicted molar refractivity (Wildman–Crippen MR) is 76.8 cm³/mol. The second-order valence-electron chi connectivity index (χ2n) is 5.29. The number of piperidine rings is 1. The van der Waals surface area contributed by atoms with E-state index in [1.165, 1.54) is 0 Å². The highest BCUT2D eigenvalue weighted by Gasteiger charge is 2.22. The van der Waals surface area contributed by atoms with Crippen molar-refractivity contribution < 1.29 is 17.6 Å². The van der Waals surface area contributed by atoms with Crippen LogP contribution in [0.5, 0.6) is 0 Å². The Kier molecular flexibility index (Phi) is 4.48. The number of carbonyl (C=O) groups excluding carboxylic acids is 1. The summed E-state index contributed by atoms with van der Waals surface area (Å²) in [6.45, 7) is 3.29. The summed E-state index contributed by atoms with van der Waals surface area (Å²) in [6.07, 6.45) is 1.78. The van der Waals surface area contributed by atoms with Crippen molar-refractivity contribution in [2.24, 2.45) is 11.1 Å². The molecule has 0 aromatic heterocycles. The van der Waals surface area contributed by atoms with E-state index in [2.05, 4.69) is 12.2 Å². The van der Waals surface area contributed by atoms with Crippen molar-refractivity contribution in [1.82, 2.24) is 4.90 Å². The van der Waals surface area contributed by atoms with E-state index in [1.54, 1.807) is 4.90 Å². The van der Waals surface area contributed by atoms with Crippen molar-refractivity contribution in [1.29, 1.82) is 0 Å². The Morgan fingerprint density at radius 3 is 2.57 bits per heavy atom. The van der Waals surface area contributed by atoms with Crippen LogP contribution in [0, 0.1) is 11.7 Å². The molecule has 0 saturated carbocycles. The van der Waals surface area contributed by atoms with E-state index in [0.717, 1.165) is 31.0 Å². The van der Waals surface area contributed by atoms with Gasteiger partial charge in [-0.3, -0.25) is 0 Å². The molecule has 1 heterocycles. The Hall–Kier alpha value is -1.67. The molecule has 0 unspecified atom stereocenters. The lowest BCUT2D eigenvalue weighted by molar-refractivity contribution is 0.186. The molecule has 3 N–H and O–H groups in total. The minimum atomic E-state index is -4.04. The molecule has 1 aromatic rings. The third-order valence-corrected chi connectivity index (χ3v) is 4.53. The number of sulfonamides is 1. The summed E-state index contributed by atoms with van der Waals surface area (Å²) in [7, 11) is -4.04. The van der Waals surface area contributed by atoms with Crippen molar-refractivity contribution in [2.75, 3.05) is 18.4 Å². The lowest BCUT2D eigenvalue weighted by Gasteiger charge is -2.30. The first kappa shape index (κ1) is 15.7. The van der Waals surface area contributed by atoms with Gasteiger partial charge in [0.2, 0.25) is 10.0 Å². The van der Waals surface area contributed by atoms with Crippen LogP contribution in [0.3, 0.4) is 0 Å².